The summed E-state index contributed by atoms with van der Waals surface area (Å²) in [5.41, 5.74) is 9.43. The van der Waals surface area contributed by atoms with E-state index < -0.39 is 0 Å². The van der Waals surface area contributed by atoms with Gasteiger partial charge in [-0.2, -0.15) is 0 Å². The third-order valence-corrected chi connectivity index (χ3v) is 4.74. The third kappa shape index (κ3) is 2.33. The largest absolute Gasteiger partial charge is 0.390 e. The van der Waals surface area contributed by atoms with Crippen molar-refractivity contribution in [1.82, 2.24) is 9.55 Å². The molecule has 0 aliphatic carbocycles. The first-order valence-electron chi connectivity index (χ1n) is 7.28. The maximum absolute atomic E-state index is 6.25. The molecule has 0 unspecified atom stereocenters. The van der Waals surface area contributed by atoms with Gasteiger partial charge in [-0.1, -0.05) is 19.1 Å². The van der Waals surface area contributed by atoms with Gasteiger partial charge in [0.05, 0.1) is 21.6 Å². The van der Waals surface area contributed by atoms with Gasteiger partial charge in [0.1, 0.15) is 5.82 Å². The van der Waals surface area contributed by atoms with Crippen molar-refractivity contribution in [2.24, 2.45) is 0 Å². The summed E-state index contributed by atoms with van der Waals surface area (Å²) in [7, 11) is 0. The van der Waals surface area contributed by atoms with Crippen LogP contribution in [-0.2, 0) is 12.0 Å². The van der Waals surface area contributed by atoms with Crippen LogP contribution in [0.2, 0.25) is 0 Å². The molecule has 4 heteroatoms. The lowest BCUT2D eigenvalue weighted by molar-refractivity contribution is 0.413. The van der Waals surface area contributed by atoms with Crippen molar-refractivity contribution in [2.75, 3.05) is 5.73 Å². The summed E-state index contributed by atoms with van der Waals surface area (Å²) in [4.78, 5) is 6.15. The Morgan fingerprint density at radius 3 is 2.57 bits per heavy atom. The highest BCUT2D eigenvalue weighted by atomic mass is 32.1. The lowest BCUT2D eigenvalue weighted by Gasteiger charge is -2.24. The monoisotopic (exact) mass is 299 g/mol. The number of anilines is 1. The summed E-state index contributed by atoms with van der Waals surface area (Å²) >= 11 is 1.66. The lowest BCUT2D eigenvalue weighted by Crippen LogP contribution is -2.22. The van der Waals surface area contributed by atoms with Crippen LogP contribution in [0.5, 0.6) is 0 Å². The summed E-state index contributed by atoms with van der Waals surface area (Å²) in [6.45, 7) is 8.76. The Hall–Kier alpha value is -1.81. The number of thiophene rings is 1. The van der Waals surface area contributed by atoms with Crippen LogP contribution in [0.25, 0.3) is 22.4 Å². The zero-order valence-electron chi connectivity index (χ0n) is 13.0. The van der Waals surface area contributed by atoms with Gasteiger partial charge in [-0.3, -0.25) is 0 Å². The van der Waals surface area contributed by atoms with Gasteiger partial charge in [0.2, 0.25) is 0 Å². The topological polar surface area (TPSA) is 43.8 Å². The fourth-order valence-electron chi connectivity index (χ4n) is 2.69. The number of benzene rings is 1. The van der Waals surface area contributed by atoms with E-state index >= 15 is 0 Å². The molecule has 0 saturated carbocycles. The number of aromatic nitrogens is 2. The number of hydrogen-bond acceptors (Lipinski definition) is 3. The molecule has 0 bridgehead atoms. The van der Waals surface area contributed by atoms with Crippen molar-refractivity contribution < 1.29 is 0 Å². The van der Waals surface area contributed by atoms with Gasteiger partial charge >= 0.3 is 0 Å². The summed E-state index contributed by atoms with van der Waals surface area (Å²) in [5.74, 6) is 0.970. The minimum atomic E-state index is -0.0494. The van der Waals surface area contributed by atoms with Crippen LogP contribution in [0.4, 0.5) is 5.00 Å². The normalized spacial score (nSPS) is 12.2. The van der Waals surface area contributed by atoms with Gasteiger partial charge in [-0.15, -0.1) is 11.3 Å². The molecule has 1 aromatic carbocycles. The number of imidazole rings is 1. The average molecular weight is 299 g/mol. The molecule has 3 aromatic rings. The molecule has 0 aliphatic heterocycles. The van der Waals surface area contributed by atoms with Crippen molar-refractivity contribution >= 4 is 27.4 Å². The molecule has 2 heterocycles. The van der Waals surface area contributed by atoms with E-state index in [0.29, 0.717) is 0 Å². The van der Waals surface area contributed by atoms with E-state index in [1.165, 1.54) is 4.88 Å². The number of rotatable bonds is 2. The highest BCUT2D eigenvalue weighted by Crippen LogP contribution is 2.38. The minimum absolute atomic E-state index is 0.0494. The number of nitrogens with two attached hydrogens (primary N) is 1. The fraction of sp³-hybridized carbons (Fsp3) is 0.353. The molecule has 0 saturated heterocycles. The van der Waals surface area contributed by atoms with Gasteiger partial charge in [0.25, 0.3) is 0 Å². The Bertz CT molecular complexity index is 790. The molecule has 2 aromatic heterocycles. The first kappa shape index (κ1) is 14.1. The Morgan fingerprint density at radius 1 is 1.24 bits per heavy atom. The number of aryl methyl sites for hydroxylation is 1. The molecule has 0 amide bonds. The maximum Gasteiger partial charge on any atom is 0.144 e. The lowest BCUT2D eigenvalue weighted by atomic mass is 10.1. The van der Waals surface area contributed by atoms with E-state index in [2.05, 4.69) is 56.5 Å². The van der Waals surface area contributed by atoms with Crippen LogP contribution in [-0.4, -0.2) is 9.55 Å². The zero-order chi connectivity index (χ0) is 15.2. The van der Waals surface area contributed by atoms with Crippen LogP contribution in [0, 0.1) is 0 Å². The number of hydrogen-bond donors (Lipinski definition) is 1. The molecule has 0 spiro atoms. The molecular weight excluding hydrogens is 278 g/mol. The Labute approximate surface area is 129 Å². The summed E-state index contributed by atoms with van der Waals surface area (Å²) in [5, 5.41) is 0.854. The summed E-state index contributed by atoms with van der Waals surface area (Å²) in [6, 6.07) is 10.5. The molecule has 0 atom stereocenters. The van der Waals surface area contributed by atoms with Gasteiger partial charge in [0.15, 0.2) is 0 Å². The van der Waals surface area contributed by atoms with Gasteiger partial charge in [0, 0.05) is 10.4 Å². The second-order valence-electron chi connectivity index (χ2n) is 6.27. The van der Waals surface area contributed by atoms with Crippen molar-refractivity contribution in [3.8, 4) is 11.4 Å². The van der Waals surface area contributed by atoms with Crippen molar-refractivity contribution in [3.63, 3.8) is 0 Å². The predicted molar refractivity (Wildman–Crippen MR) is 91.8 cm³/mol. The van der Waals surface area contributed by atoms with Crippen molar-refractivity contribution in [3.05, 3.63) is 35.2 Å². The molecule has 2 N–H and O–H groups in total. The van der Waals surface area contributed by atoms with Crippen LogP contribution in [0.1, 0.15) is 32.6 Å². The fourth-order valence-corrected chi connectivity index (χ4v) is 3.56. The molecule has 21 heavy (non-hydrogen) atoms. The third-order valence-electron chi connectivity index (χ3n) is 3.63. The van der Waals surface area contributed by atoms with Crippen molar-refractivity contribution in [1.29, 1.82) is 0 Å². The maximum atomic E-state index is 6.25. The minimum Gasteiger partial charge on any atom is -0.390 e. The quantitative estimate of drug-likeness (QED) is 0.747. The van der Waals surface area contributed by atoms with E-state index in [0.717, 1.165) is 33.8 Å². The van der Waals surface area contributed by atoms with Gasteiger partial charge < -0.3 is 10.3 Å². The molecule has 0 aliphatic rings. The van der Waals surface area contributed by atoms with Crippen LogP contribution >= 0.6 is 11.3 Å². The van der Waals surface area contributed by atoms with Crippen LogP contribution < -0.4 is 5.73 Å². The number of fused-ring (bicyclic) bond motifs is 1. The molecule has 0 fully saturated rings. The van der Waals surface area contributed by atoms with E-state index in [-0.39, 0.29) is 5.54 Å². The second kappa shape index (κ2) is 4.88. The van der Waals surface area contributed by atoms with Gasteiger partial charge in [-0.05, 0) is 45.4 Å². The van der Waals surface area contributed by atoms with Crippen LogP contribution in [0.15, 0.2) is 30.3 Å². The van der Waals surface area contributed by atoms with E-state index in [1.54, 1.807) is 11.3 Å². The Kier molecular flexibility index (Phi) is 3.29. The molecule has 3 rings (SSSR count). The smallest absolute Gasteiger partial charge is 0.144 e. The first-order chi connectivity index (χ1) is 9.91. The van der Waals surface area contributed by atoms with Crippen molar-refractivity contribution in [2.45, 2.75) is 39.7 Å². The highest BCUT2D eigenvalue weighted by Gasteiger charge is 2.24. The number of para-hydroxylation sites is 2. The number of nitrogens with zero attached hydrogens (tertiary/aromatic N) is 2. The molecule has 3 nitrogen and oxygen atoms in total. The number of nitrogen functional groups attached to an aromatic ring is 1. The average Bonchev–Trinajstić information content (AvgIpc) is 2.97. The van der Waals surface area contributed by atoms with Gasteiger partial charge in [-0.25, -0.2) is 4.98 Å². The molecule has 110 valence electrons. The molecular formula is C17H21N3S. The first-order valence-corrected chi connectivity index (χ1v) is 8.10. The Balaban J connectivity index is 2.33. The van der Waals surface area contributed by atoms with E-state index in [4.69, 9.17) is 10.7 Å². The summed E-state index contributed by atoms with van der Waals surface area (Å²) in [6.07, 6.45) is 1.00. The predicted octanol–water partition coefficient (Wildman–Crippen LogP) is 4.66. The van der Waals surface area contributed by atoms with E-state index in [9.17, 15) is 0 Å². The summed E-state index contributed by atoms with van der Waals surface area (Å²) < 4.78 is 2.29. The zero-order valence-corrected chi connectivity index (χ0v) is 13.8. The standard InChI is InChI=1S/C17H21N3S/c1-5-11-10-12(15(18)21-11)16-19-13-8-6-7-9-14(13)20(16)17(2,3)4/h6-10H,5,18H2,1-4H3. The molecule has 0 radical (unpaired) electrons. The highest BCUT2D eigenvalue weighted by molar-refractivity contribution is 7.16. The SMILES string of the molecule is CCc1cc(-c2nc3ccccc3n2C(C)(C)C)c(N)s1. The van der Waals surface area contributed by atoms with Crippen LogP contribution in [0.3, 0.4) is 0 Å². The van der Waals surface area contributed by atoms with E-state index in [1.807, 2.05) is 6.07 Å². The Morgan fingerprint density at radius 2 is 1.95 bits per heavy atom. The second-order valence-corrected chi connectivity index (χ2v) is 7.44.